The van der Waals surface area contributed by atoms with Crippen molar-refractivity contribution < 1.29 is 4.74 Å². The summed E-state index contributed by atoms with van der Waals surface area (Å²) in [5.41, 5.74) is 5.12. The van der Waals surface area contributed by atoms with E-state index in [4.69, 9.17) is 4.74 Å². The lowest BCUT2D eigenvalue weighted by atomic mass is 9.86. The van der Waals surface area contributed by atoms with Crippen LogP contribution in [0.1, 0.15) is 26.3 Å². The Morgan fingerprint density at radius 2 is 1.65 bits per heavy atom. The third kappa shape index (κ3) is 2.51. The Labute approximate surface area is 120 Å². The van der Waals surface area contributed by atoms with Crippen molar-refractivity contribution in [3.8, 4) is 16.9 Å². The molecule has 0 spiro atoms. The van der Waals surface area contributed by atoms with Gasteiger partial charge in [-0.15, -0.1) is 0 Å². The maximum Gasteiger partial charge on any atom is 0.142 e. The van der Waals surface area contributed by atoms with E-state index >= 15 is 0 Å². The van der Waals surface area contributed by atoms with Gasteiger partial charge in [0.1, 0.15) is 12.4 Å². The normalized spacial score (nSPS) is 14.2. The molecule has 0 aromatic heterocycles. The standard InChI is InChI=1S/C18H21NO/c1-18(2,3)15-7-4-13(5-8-15)14-6-9-17-16(12-14)19-10-11-20-17/h4-9,12,19H,10-11H2,1-3H3. The molecule has 2 aromatic carbocycles. The zero-order chi connectivity index (χ0) is 14.2. The van der Waals surface area contributed by atoms with E-state index in [1.165, 1.54) is 16.7 Å². The predicted octanol–water partition coefficient (Wildman–Crippen LogP) is 4.46. The molecular formula is C18H21NO. The first kappa shape index (κ1) is 13.0. The smallest absolute Gasteiger partial charge is 0.142 e. The molecule has 2 nitrogen and oxygen atoms in total. The molecule has 0 unspecified atom stereocenters. The van der Waals surface area contributed by atoms with Crippen molar-refractivity contribution in [3.63, 3.8) is 0 Å². The third-order valence-electron chi connectivity index (χ3n) is 3.74. The maximum absolute atomic E-state index is 5.62. The Morgan fingerprint density at radius 1 is 0.950 bits per heavy atom. The second-order valence-corrected chi connectivity index (χ2v) is 6.31. The Balaban J connectivity index is 1.93. The first-order chi connectivity index (χ1) is 9.54. The van der Waals surface area contributed by atoms with Gasteiger partial charge in [0.15, 0.2) is 0 Å². The van der Waals surface area contributed by atoms with Crippen molar-refractivity contribution in [3.05, 3.63) is 48.0 Å². The summed E-state index contributed by atoms with van der Waals surface area (Å²) >= 11 is 0. The molecule has 2 heteroatoms. The van der Waals surface area contributed by atoms with E-state index in [9.17, 15) is 0 Å². The molecule has 1 aliphatic heterocycles. The topological polar surface area (TPSA) is 21.3 Å². The van der Waals surface area contributed by atoms with Crippen molar-refractivity contribution in [1.29, 1.82) is 0 Å². The zero-order valence-corrected chi connectivity index (χ0v) is 12.4. The van der Waals surface area contributed by atoms with Gasteiger partial charge in [0.05, 0.1) is 5.69 Å². The maximum atomic E-state index is 5.62. The van der Waals surface area contributed by atoms with Crippen LogP contribution < -0.4 is 10.1 Å². The van der Waals surface area contributed by atoms with Crippen molar-refractivity contribution in [2.45, 2.75) is 26.2 Å². The molecule has 0 atom stereocenters. The van der Waals surface area contributed by atoms with E-state index in [0.29, 0.717) is 0 Å². The number of fused-ring (bicyclic) bond motifs is 1. The lowest BCUT2D eigenvalue weighted by molar-refractivity contribution is 0.323. The second kappa shape index (κ2) is 4.86. The van der Waals surface area contributed by atoms with Gasteiger partial charge in [0.2, 0.25) is 0 Å². The third-order valence-corrected chi connectivity index (χ3v) is 3.74. The predicted molar refractivity (Wildman–Crippen MR) is 84.6 cm³/mol. The summed E-state index contributed by atoms with van der Waals surface area (Å²) in [5, 5.41) is 3.38. The summed E-state index contributed by atoms with van der Waals surface area (Å²) in [6.07, 6.45) is 0. The minimum absolute atomic E-state index is 0.198. The van der Waals surface area contributed by atoms with E-state index in [1.807, 2.05) is 0 Å². The number of rotatable bonds is 1. The molecular weight excluding hydrogens is 246 g/mol. The molecule has 0 bridgehead atoms. The average Bonchev–Trinajstić information content (AvgIpc) is 2.46. The van der Waals surface area contributed by atoms with Crippen LogP contribution in [0.2, 0.25) is 0 Å². The van der Waals surface area contributed by atoms with Gasteiger partial charge >= 0.3 is 0 Å². The van der Waals surface area contributed by atoms with Crippen LogP contribution in [-0.4, -0.2) is 13.2 Å². The highest BCUT2D eigenvalue weighted by atomic mass is 16.5. The van der Waals surface area contributed by atoms with Crippen LogP contribution in [0.25, 0.3) is 11.1 Å². The van der Waals surface area contributed by atoms with Crippen molar-refractivity contribution in [2.75, 3.05) is 18.5 Å². The first-order valence-corrected chi connectivity index (χ1v) is 7.16. The average molecular weight is 267 g/mol. The van der Waals surface area contributed by atoms with Gasteiger partial charge in [-0.2, -0.15) is 0 Å². The Hall–Kier alpha value is -1.96. The largest absolute Gasteiger partial charge is 0.490 e. The Kier molecular flexibility index (Phi) is 3.17. The Morgan fingerprint density at radius 3 is 2.35 bits per heavy atom. The van der Waals surface area contributed by atoms with Gasteiger partial charge in [-0.25, -0.2) is 0 Å². The van der Waals surface area contributed by atoms with E-state index < -0.39 is 0 Å². The van der Waals surface area contributed by atoms with E-state index in [1.54, 1.807) is 0 Å². The fraction of sp³-hybridized carbons (Fsp3) is 0.333. The molecule has 0 saturated heterocycles. The quantitative estimate of drug-likeness (QED) is 0.824. The van der Waals surface area contributed by atoms with Crippen LogP contribution in [-0.2, 0) is 5.41 Å². The zero-order valence-electron chi connectivity index (χ0n) is 12.4. The Bertz CT molecular complexity index is 608. The summed E-state index contributed by atoms with van der Waals surface area (Å²) in [7, 11) is 0. The molecule has 0 radical (unpaired) electrons. The second-order valence-electron chi connectivity index (χ2n) is 6.31. The van der Waals surface area contributed by atoms with E-state index in [0.717, 1.165) is 24.6 Å². The van der Waals surface area contributed by atoms with Crippen LogP contribution in [0, 0.1) is 0 Å². The summed E-state index contributed by atoms with van der Waals surface area (Å²) in [5.74, 6) is 0.950. The monoisotopic (exact) mass is 267 g/mol. The molecule has 1 heterocycles. The number of hydrogen-bond acceptors (Lipinski definition) is 2. The number of anilines is 1. The number of nitrogens with one attached hydrogen (secondary N) is 1. The van der Waals surface area contributed by atoms with Gasteiger partial charge in [-0.1, -0.05) is 51.1 Å². The van der Waals surface area contributed by atoms with Gasteiger partial charge in [0, 0.05) is 6.54 Å². The lowest BCUT2D eigenvalue weighted by Crippen LogP contribution is -2.17. The highest BCUT2D eigenvalue weighted by Crippen LogP contribution is 2.33. The SMILES string of the molecule is CC(C)(C)c1ccc(-c2ccc3c(c2)NCCO3)cc1. The molecule has 20 heavy (non-hydrogen) atoms. The van der Waals surface area contributed by atoms with Crippen molar-refractivity contribution in [2.24, 2.45) is 0 Å². The number of benzene rings is 2. The van der Waals surface area contributed by atoms with Gasteiger partial charge in [-0.3, -0.25) is 0 Å². The van der Waals surface area contributed by atoms with Crippen LogP contribution >= 0.6 is 0 Å². The number of ether oxygens (including phenoxy) is 1. The van der Waals surface area contributed by atoms with E-state index in [2.05, 4.69) is 68.6 Å². The molecule has 0 amide bonds. The van der Waals surface area contributed by atoms with Crippen molar-refractivity contribution >= 4 is 5.69 Å². The molecule has 0 saturated carbocycles. The fourth-order valence-electron chi connectivity index (χ4n) is 2.48. The van der Waals surface area contributed by atoms with E-state index in [-0.39, 0.29) is 5.41 Å². The van der Waals surface area contributed by atoms with Gasteiger partial charge < -0.3 is 10.1 Å². The lowest BCUT2D eigenvalue weighted by Gasteiger charge is -2.21. The molecule has 3 rings (SSSR count). The van der Waals surface area contributed by atoms with Crippen LogP contribution in [0.15, 0.2) is 42.5 Å². The molecule has 1 N–H and O–H groups in total. The highest BCUT2D eigenvalue weighted by Gasteiger charge is 2.14. The first-order valence-electron chi connectivity index (χ1n) is 7.16. The molecule has 2 aromatic rings. The minimum atomic E-state index is 0.198. The number of hydrogen-bond donors (Lipinski definition) is 1. The summed E-state index contributed by atoms with van der Waals surface area (Å²) in [6.45, 7) is 8.33. The van der Waals surface area contributed by atoms with Crippen LogP contribution in [0.4, 0.5) is 5.69 Å². The van der Waals surface area contributed by atoms with Gasteiger partial charge in [0.25, 0.3) is 0 Å². The molecule has 1 aliphatic rings. The minimum Gasteiger partial charge on any atom is -0.490 e. The molecule has 0 aliphatic carbocycles. The molecule has 0 fully saturated rings. The fourth-order valence-corrected chi connectivity index (χ4v) is 2.48. The summed E-state index contributed by atoms with van der Waals surface area (Å²) in [4.78, 5) is 0. The van der Waals surface area contributed by atoms with Crippen LogP contribution in [0.3, 0.4) is 0 Å². The summed E-state index contributed by atoms with van der Waals surface area (Å²) < 4.78 is 5.62. The van der Waals surface area contributed by atoms with Gasteiger partial charge in [-0.05, 0) is 34.2 Å². The van der Waals surface area contributed by atoms with Crippen molar-refractivity contribution in [1.82, 2.24) is 0 Å². The van der Waals surface area contributed by atoms with Crippen LogP contribution in [0.5, 0.6) is 5.75 Å². The highest BCUT2D eigenvalue weighted by molar-refractivity contribution is 5.72. The summed E-state index contributed by atoms with van der Waals surface area (Å²) in [6, 6.07) is 15.2. The molecule has 104 valence electrons.